The average Bonchev–Trinajstić information content (AvgIpc) is 3.31. The molecule has 4 nitrogen and oxygen atoms in total. The van der Waals surface area contributed by atoms with Crippen molar-refractivity contribution < 1.29 is 13.6 Å². The van der Waals surface area contributed by atoms with Crippen LogP contribution in [0, 0.1) is 11.6 Å². The Bertz CT molecular complexity index is 1370. The number of nitrogens with zero attached hydrogens (tertiary/aromatic N) is 1. The molecule has 0 aliphatic heterocycles. The zero-order chi connectivity index (χ0) is 20.8. The van der Waals surface area contributed by atoms with Gasteiger partial charge in [0.1, 0.15) is 11.6 Å². The minimum absolute atomic E-state index is 0.0162. The van der Waals surface area contributed by atoms with Crippen molar-refractivity contribution >= 4 is 17.2 Å². The fourth-order valence-electron chi connectivity index (χ4n) is 4.47. The maximum absolute atomic E-state index is 14.4. The number of pyridine rings is 1. The van der Waals surface area contributed by atoms with E-state index in [1.165, 1.54) is 17.3 Å². The number of nitrogens with one attached hydrogen (secondary N) is 1. The number of aryl methyl sites for hydroxylation is 2. The number of rotatable bonds is 4. The van der Waals surface area contributed by atoms with E-state index in [0.717, 1.165) is 48.4 Å². The molecular formula is C24H18F2N2O2. The largest absolute Gasteiger partial charge is 0.333 e. The van der Waals surface area contributed by atoms with Crippen LogP contribution in [-0.4, -0.2) is 15.8 Å². The highest BCUT2D eigenvalue weighted by molar-refractivity contribution is 6.05. The number of hydrogen-bond acceptors (Lipinski definition) is 2. The van der Waals surface area contributed by atoms with Crippen molar-refractivity contribution in [2.24, 2.45) is 0 Å². The number of aromatic amines is 1. The zero-order valence-corrected chi connectivity index (χ0v) is 16.0. The summed E-state index contributed by atoms with van der Waals surface area (Å²) in [5.74, 6) is -1.09. The normalized spacial score (nSPS) is 13.0. The van der Waals surface area contributed by atoms with Crippen LogP contribution in [0.3, 0.4) is 0 Å². The van der Waals surface area contributed by atoms with E-state index in [0.29, 0.717) is 17.4 Å². The van der Waals surface area contributed by atoms with Gasteiger partial charge in [0.05, 0.1) is 12.2 Å². The molecule has 6 heteroatoms. The van der Waals surface area contributed by atoms with Crippen LogP contribution < -0.4 is 5.56 Å². The molecule has 0 saturated heterocycles. The Morgan fingerprint density at radius 2 is 1.87 bits per heavy atom. The molecule has 0 atom stereocenters. The molecule has 2 heterocycles. The number of aromatic nitrogens is 2. The van der Waals surface area contributed by atoms with E-state index in [9.17, 15) is 18.4 Å². The number of hydrogen-bond donors (Lipinski definition) is 1. The van der Waals surface area contributed by atoms with Gasteiger partial charge in [-0.25, -0.2) is 8.78 Å². The minimum atomic E-state index is -0.546. The molecule has 2 aromatic heterocycles. The SMILES string of the molecule is O=Cc1c(-c2ccc[nH]c2=O)c2cc3c(cc2n1Cc1cc(F)ccc1F)CCC3. The van der Waals surface area contributed by atoms with Crippen molar-refractivity contribution in [2.45, 2.75) is 25.8 Å². The number of halogens is 2. The van der Waals surface area contributed by atoms with Gasteiger partial charge in [-0.1, -0.05) is 0 Å². The summed E-state index contributed by atoms with van der Waals surface area (Å²) in [6.07, 6.45) is 5.14. The number of carbonyl (C=O) groups excluding carboxylic acids is 1. The van der Waals surface area contributed by atoms with E-state index < -0.39 is 11.6 Å². The number of aldehydes is 1. The van der Waals surface area contributed by atoms with E-state index in [-0.39, 0.29) is 23.4 Å². The quantitative estimate of drug-likeness (QED) is 0.505. The second-order valence-corrected chi connectivity index (χ2v) is 7.60. The molecule has 0 fully saturated rings. The monoisotopic (exact) mass is 404 g/mol. The maximum Gasteiger partial charge on any atom is 0.255 e. The molecule has 30 heavy (non-hydrogen) atoms. The van der Waals surface area contributed by atoms with Gasteiger partial charge in [0.25, 0.3) is 5.56 Å². The van der Waals surface area contributed by atoms with E-state index in [1.807, 2.05) is 12.1 Å². The lowest BCUT2D eigenvalue weighted by Crippen LogP contribution is -2.10. The molecule has 150 valence electrons. The van der Waals surface area contributed by atoms with Gasteiger partial charge in [0, 0.05) is 33.8 Å². The standard InChI is InChI=1S/C24H18F2N2O2/c25-17-6-7-20(26)16(9-17)12-28-21-11-15-4-1-3-14(15)10-19(21)23(22(28)13-29)18-5-2-8-27-24(18)30/h2,5-11,13H,1,3-4,12H2,(H,27,30). The Kier molecular flexibility index (Phi) is 4.35. The average molecular weight is 404 g/mol. The van der Waals surface area contributed by atoms with Crippen molar-refractivity contribution in [2.75, 3.05) is 0 Å². The molecule has 1 N–H and O–H groups in total. The molecule has 1 aliphatic carbocycles. The third kappa shape index (κ3) is 2.87. The fourth-order valence-corrected chi connectivity index (χ4v) is 4.47. The highest BCUT2D eigenvalue weighted by atomic mass is 19.1. The minimum Gasteiger partial charge on any atom is -0.333 e. The zero-order valence-electron chi connectivity index (χ0n) is 16.0. The summed E-state index contributed by atoms with van der Waals surface area (Å²) >= 11 is 0. The third-order valence-corrected chi connectivity index (χ3v) is 5.85. The smallest absolute Gasteiger partial charge is 0.255 e. The predicted molar refractivity (Wildman–Crippen MR) is 111 cm³/mol. The van der Waals surface area contributed by atoms with Gasteiger partial charge < -0.3 is 9.55 Å². The van der Waals surface area contributed by atoms with Crippen molar-refractivity contribution in [1.29, 1.82) is 0 Å². The van der Waals surface area contributed by atoms with Gasteiger partial charge in [-0.05, 0) is 72.9 Å². The summed E-state index contributed by atoms with van der Waals surface area (Å²) < 4.78 is 29.8. The first-order valence-electron chi connectivity index (χ1n) is 9.82. The van der Waals surface area contributed by atoms with E-state index >= 15 is 0 Å². The van der Waals surface area contributed by atoms with Crippen LogP contribution in [0.1, 0.15) is 33.6 Å². The van der Waals surface area contributed by atoms with E-state index in [4.69, 9.17) is 0 Å². The predicted octanol–water partition coefficient (Wildman–Crippen LogP) is 4.62. The Morgan fingerprint density at radius 1 is 1.07 bits per heavy atom. The summed E-state index contributed by atoms with van der Waals surface area (Å²) in [5, 5.41) is 0.770. The van der Waals surface area contributed by atoms with Crippen LogP contribution in [0.4, 0.5) is 8.78 Å². The van der Waals surface area contributed by atoms with Crippen LogP contribution in [0.2, 0.25) is 0 Å². The van der Waals surface area contributed by atoms with Crippen molar-refractivity contribution in [3.63, 3.8) is 0 Å². The molecule has 1 aliphatic rings. The summed E-state index contributed by atoms with van der Waals surface area (Å²) in [5.41, 5.74) is 4.12. The summed E-state index contributed by atoms with van der Waals surface area (Å²) in [7, 11) is 0. The van der Waals surface area contributed by atoms with E-state index in [1.54, 1.807) is 16.7 Å². The first-order chi connectivity index (χ1) is 14.6. The number of H-pyrrole nitrogens is 1. The number of carbonyl (C=O) groups is 1. The lowest BCUT2D eigenvalue weighted by atomic mass is 10.0. The third-order valence-electron chi connectivity index (χ3n) is 5.85. The van der Waals surface area contributed by atoms with Crippen molar-refractivity contribution in [3.8, 4) is 11.1 Å². The Balaban J connectivity index is 1.84. The fraction of sp³-hybridized carbons (Fsp3) is 0.167. The lowest BCUT2D eigenvalue weighted by molar-refractivity contribution is 0.111. The first kappa shape index (κ1) is 18.5. The number of benzene rings is 2. The van der Waals surface area contributed by atoms with Crippen molar-refractivity contribution in [1.82, 2.24) is 9.55 Å². The lowest BCUT2D eigenvalue weighted by Gasteiger charge is -2.10. The van der Waals surface area contributed by atoms with Gasteiger partial charge in [0.15, 0.2) is 6.29 Å². The molecule has 0 saturated carbocycles. The molecule has 4 aromatic rings. The molecule has 0 bridgehead atoms. The Labute approximate surface area is 170 Å². The van der Waals surface area contributed by atoms with E-state index in [2.05, 4.69) is 4.98 Å². The molecule has 0 amide bonds. The molecular weight excluding hydrogens is 386 g/mol. The molecule has 2 aromatic carbocycles. The molecule has 0 unspecified atom stereocenters. The first-order valence-corrected chi connectivity index (χ1v) is 9.82. The van der Waals surface area contributed by atoms with Crippen LogP contribution in [0.25, 0.3) is 22.0 Å². The highest BCUT2D eigenvalue weighted by Crippen LogP contribution is 2.37. The second kappa shape index (κ2) is 7.06. The van der Waals surface area contributed by atoms with Gasteiger partial charge in [-0.15, -0.1) is 0 Å². The van der Waals surface area contributed by atoms with Crippen molar-refractivity contribution in [3.05, 3.63) is 93.0 Å². The number of fused-ring (bicyclic) bond motifs is 2. The highest BCUT2D eigenvalue weighted by Gasteiger charge is 2.24. The Morgan fingerprint density at radius 3 is 2.63 bits per heavy atom. The topological polar surface area (TPSA) is 54.9 Å². The molecule has 5 rings (SSSR count). The van der Waals surface area contributed by atoms with Gasteiger partial charge in [-0.3, -0.25) is 9.59 Å². The Hall–Kier alpha value is -3.54. The van der Waals surface area contributed by atoms with Gasteiger partial charge >= 0.3 is 0 Å². The second-order valence-electron chi connectivity index (χ2n) is 7.60. The van der Waals surface area contributed by atoms with Crippen LogP contribution in [0.5, 0.6) is 0 Å². The summed E-state index contributed by atoms with van der Waals surface area (Å²) in [6.45, 7) is -0.0162. The van der Waals surface area contributed by atoms with Crippen LogP contribution in [-0.2, 0) is 19.4 Å². The molecule has 0 radical (unpaired) electrons. The maximum atomic E-state index is 14.4. The summed E-state index contributed by atoms with van der Waals surface area (Å²) in [4.78, 5) is 27.4. The van der Waals surface area contributed by atoms with Crippen LogP contribution in [0.15, 0.2) is 53.5 Å². The van der Waals surface area contributed by atoms with Gasteiger partial charge in [0.2, 0.25) is 0 Å². The van der Waals surface area contributed by atoms with Gasteiger partial charge in [-0.2, -0.15) is 0 Å². The van der Waals surface area contributed by atoms with Crippen LogP contribution >= 0.6 is 0 Å². The molecule has 0 spiro atoms. The summed E-state index contributed by atoms with van der Waals surface area (Å²) in [6, 6.07) is 10.7.